The zero-order valence-electron chi connectivity index (χ0n) is 14.6. The van der Waals surface area contributed by atoms with Gasteiger partial charge in [-0.25, -0.2) is 0 Å². The number of nitrogens with one attached hydrogen (secondary N) is 1. The predicted octanol–water partition coefficient (Wildman–Crippen LogP) is 3.85. The van der Waals surface area contributed by atoms with Crippen LogP contribution in [0.15, 0.2) is 60.7 Å². The Morgan fingerprint density at radius 2 is 1.96 bits per heavy atom. The maximum atomic E-state index is 12.0. The monoisotopic (exact) mass is 382 g/mol. The molecular formula is C20H18N2O4S. The standard InChI is InChI=1S/C20H18N2O4S/c1-20(24,18-12-15-4-2-3-5-17(15)27-18)13-21-19(23)11-8-14-6-9-16(10-7-14)22(25)26/h2-12,24H,13H2,1H3,(H,21,23)/b11-8+. The fraction of sp³-hybridized carbons (Fsp3) is 0.150. The summed E-state index contributed by atoms with van der Waals surface area (Å²) in [7, 11) is 0. The van der Waals surface area contributed by atoms with Gasteiger partial charge in [-0.2, -0.15) is 0 Å². The van der Waals surface area contributed by atoms with Gasteiger partial charge in [0.15, 0.2) is 0 Å². The summed E-state index contributed by atoms with van der Waals surface area (Å²) in [6.45, 7) is 1.74. The van der Waals surface area contributed by atoms with Crippen LogP contribution >= 0.6 is 11.3 Å². The van der Waals surface area contributed by atoms with Crippen molar-refractivity contribution < 1.29 is 14.8 Å². The Hall–Kier alpha value is -3.03. The molecule has 1 aromatic heterocycles. The minimum atomic E-state index is -1.18. The first-order valence-electron chi connectivity index (χ1n) is 8.27. The van der Waals surface area contributed by atoms with Crippen LogP contribution in [0.5, 0.6) is 0 Å². The van der Waals surface area contributed by atoms with Crippen molar-refractivity contribution in [2.75, 3.05) is 6.54 Å². The van der Waals surface area contributed by atoms with Gasteiger partial charge < -0.3 is 10.4 Å². The Balaban J connectivity index is 1.61. The molecule has 0 aliphatic heterocycles. The summed E-state index contributed by atoms with van der Waals surface area (Å²) in [5.74, 6) is -0.352. The van der Waals surface area contributed by atoms with E-state index in [1.807, 2.05) is 30.3 Å². The van der Waals surface area contributed by atoms with E-state index >= 15 is 0 Å². The Morgan fingerprint density at radius 3 is 2.63 bits per heavy atom. The number of aliphatic hydroxyl groups is 1. The molecule has 2 N–H and O–H groups in total. The molecule has 7 heteroatoms. The first kappa shape index (κ1) is 18.8. The molecule has 0 aliphatic rings. The molecule has 3 aromatic rings. The van der Waals surface area contributed by atoms with Crippen LogP contribution in [0.3, 0.4) is 0 Å². The van der Waals surface area contributed by atoms with Gasteiger partial charge in [-0.05, 0) is 48.2 Å². The summed E-state index contributed by atoms with van der Waals surface area (Å²) in [4.78, 5) is 23.0. The first-order valence-corrected chi connectivity index (χ1v) is 9.09. The number of rotatable bonds is 6. The number of nitrogens with zero attached hydrogens (tertiary/aromatic N) is 1. The molecule has 1 heterocycles. The molecule has 1 atom stereocenters. The summed E-state index contributed by atoms with van der Waals surface area (Å²) in [5, 5.41) is 25.1. The predicted molar refractivity (Wildman–Crippen MR) is 107 cm³/mol. The zero-order chi connectivity index (χ0) is 19.4. The van der Waals surface area contributed by atoms with Crippen molar-refractivity contribution in [3.63, 3.8) is 0 Å². The molecule has 3 rings (SSSR count). The quantitative estimate of drug-likeness (QED) is 0.385. The Labute approximate surface area is 159 Å². The van der Waals surface area contributed by atoms with Crippen molar-refractivity contribution in [3.8, 4) is 0 Å². The highest BCUT2D eigenvalue weighted by molar-refractivity contribution is 7.19. The van der Waals surface area contributed by atoms with Crippen LogP contribution in [-0.2, 0) is 10.4 Å². The van der Waals surface area contributed by atoms with Gasteiger partial charge in [0.1, 0.15) is 5.60 Å². The van der Waals surface area contributed by atoms with E-state index in [1.54, 1.807) is 25.1 Å². The minimum Gasteiger partial charge on any atom is -0.383 e. The largest absolute Gasteiger partial charge is 0.383 e. The summed E-state index contributed by atoms with van der Waals surface area (Å²) in [6.07, 6.45) is 2.90. The van der Waals surface area contributed by atoms with Crippen molar-refractivity contribution in [1.29, 1.82) is 0 Å². The third-order valence-electron chi connectivity index (χ3n) is 4.09. The molecule has 0 spiro atoms. The van der Waals surface area contributed by atoms with E-state index in [4.69, 9.17) is 0 Å². The second-order valence-electron chi connectivity index (χ2n) is 6.32. The fourth-order valence-electron chi connectivity index (χ4n) is 2.53. The second kappa shape index (κ2) is 7.69. The number of carbonyl (C=O) groups excluding carboxylic acids is 1. The molecular weight excluding hydrogens is 364 g/mol. The lowest BCUT2D eigenvalue weighted by molar-refractivity contribution is -0.384. The molecule has 0 saturated heterocycles. The lowest BCUT2D eigenvalue weighted by Gasteiger charge is -2.21. The molecule has 1 amide bonds. The first-order chi connectivity index (χ1) is 12.8. The van der Waals surface area contributed by atoms with E-state index in [0.29, 0.717) is 5.56 Å². The maximum Gasteiger partial charge on any atom is 0.269 e. The van der Waals surface area contributed by atoms with E-state index in [9.17, 15) is 20.0 Å². The lowest BCUT2D eigenvalue weighted by atomic mass is 10.0. The highest BCUT2D eigenvalue weighted by Gasteiger charge is 2.25. The molecule has 6 nitrogen and oxygen atoms in total. The van der Waals surface area contributed by atoms with E-state index in [-0.39, 0.29) is 18.1 Å². The average molecular weight is 382 g/mol. The van der Waals surface area contributed by atoms with Crippen LogP contribution in [-0.4, -0.2) is 22.5 Å². The van der Waals surface area contributed by atoms with Gasteiger partial charge in [0, 0.05) is 27.8 Å². The van der Waals surface area contributed by atoms with Gasteiger partial charge in [0.05, 0.1) is 11.5 Å². The van der Waals surface area contributed by atoms with Gasteiger partial charge in [0.25, 0.3) is 5.69 Å². The van der Waals surface area contributed by atoms with Gasteiger partial charge in [-0.15, -0.1) is 11.3 Å². The van der Waals surface area contributed by atoms with Gasteiger partial charge in [-0.3, -0.25) is 14.9 Å². The van der Waals surface area contributed by atoms with Gasteiger partial charge in [0.2, 0.25) is 5.91 Å². The fourth-order valence-corrected chi connectivity index (χ4v) is 3.64. The van der Waals surface area contributed by atoms with Crippen molar-refractivity contribution >= 4 is 39.1 Å². The van der Waals surface area contributed by atoms with Crippen molar-refractivity contribution in [1.82, 2.24) is 5.32 Å². The molecule has 0 fully saturated rings. The average Bonchev–Trinajstić information content (AvgIpc) is 3.10. The highest BCUT2D eigenvalue weighted by Crippen LogP contribution is 2.32. The summed E-state index contributed by atoms with van der Waals surface area (Å²) in [6, 6.07) is 15.7. The Kier molecular flexibility index (Phi) is 5.34. The van der Waals surface area contributed by atoms with E-state index in [0.717, 1.165) is 15.0 Å². The number of non-ortho nitro benzene ring substituents is 1. The SMILES string of the molecule is CC(O)(CNC(=O)/C=C/c1ccc([N+](=O)[O-])cc1)c1cc2ccccc2s1. The molecule has 0 bridgehead atoms. The number of benzene rings is 2. The number of hydrogen-bond acceptors (Lipinski definition) is 5. The number of fused-ring (bicyclic) bond motifs is 1. The van der Waals surface area contributed by atoms with Crippen molar-refractivity contribution in [2.24, 2.45) is 0 Å². The second-order valence-corrected chi connectivity index (χ2v) is 7.41. The number of nitro groups is 1. The molecule has 0 radical (unpaired) electrons. The van der Waals surface area contributed by atoms with Crippen molar-refractivity contribution in [2.45, 2.75) is 12.5 Å². The van der Waals surface area contributed by atoms with Crippen LogP contribution in [0, 0.1) is 10.1 Å². The number of amides is 1. The van der Waals surface area contributed by atoms with Crippen LogP contribution in [0.2, 0.25) is 0 Å². The summed E-state index contributed by atoms with van der Waals surface area (Å²) in [5.41, 5.74) is -0.511. The number of carbonyl (C=O) groups is 1. The smallest absolute Gasteiger partial charge is 0.269 e. The molecule has 0 saturated carbocycles. The van der Waals surface area contributed by atoms with E-state index in [2.05, 4.69) is 5.32 Å². The maximum absolute atomic E-state index is 12.0. The van der Waals surface area contributed by atoms with Crippen LogP contribution < -0.4 is 5.32 Å². The summed E-state index contributed by atoms with van der Waals surface area (Å²) >= 11 is 1.50. The molecule has 2 aromatic carbocycles. The van der Waals surface area contributed by atoms with Crippen LogP contribution in [0.1, 0.15) is 17.4 Å². The highest BCUT2D eigenvalue weighted by atomic mass is 32.1. The summed E-state index contributed by atoms with van der Waals surface area (Å²) < 4.78 is 1.08. The van der Waals surface area contributed by atoms with Gasteiger partial charge in [-0.1, -0.05) is 18.2 Å². The lowest BCUT2D eigenvalue weighted by Crippen LogP contribution is -2.37. The number of nitro benzene ring substituents is 1. The Bertz CT molecular complexity index is 973. The van der Waals surface area contributed by atoms with Gasteiger partial charge >= 0.3 is 0 Å². The third-order valence-corrected chi connectivity index (χ3v) is 5.46. The topological polar surface area (TPSA) is 92.5 Å². The van der Waals surface area contributed by atoms with Crippen LogP contribution in [0.25, 0.3) is 16.2 Å². The third kappa shape index (κ3) is 4.58. The van der Waals surface area contributed by atoms with Crippen LogP contribution in [0.4, 0.5) is 5.69 Å². The number of hydrogen-bond donors (Lipinski definition) is 2. The molecule has 27 heavy (non-hydrogen) atoms. The molecule has 1 unspecified atom stereocenters. The van der Waals surface area contributed by atoms with E-state index < -0.39 is 10.5 Å². The minimum absolute atomic E-state index is 0.00372. The zero-order valence-corrected chi connectivity index (χ0v) is 15.4. The normalized spacial score (nSPS) is 13.6. The Morgan fingerprint density at radius 1 is 1.26 bits per heavy atom. The van der Waals surface area contributed by atoms with Crippen molar-refractivity contribution in [3.05, 3.63) is 81.2 Å². The number of thiophene rings is 1. The molecule has 0 aliphatic carbocycles. The van der Waals surface area contributed by atoms with E-state index in [1.165, 1.54) is 29.5 Å². The molecule has 138 valence electrons.